The molecule has 0 radical (unpaired) electrons. The lowest BCUT2D eigenvalue weighted by Crippen LogP contribution is -2.59. The van der Waals surface area contributed by atoms with Crippen molar-refractivity contribution < 1.29 is 29.1 Å². The van der Waals surface area contributed by atoms with E-state index in [1.807, 2.05) is 13.2 Å². The fourth-order valence-electron chi connectivity index (χ4n) is 2.81. The summed E-state index contributed by atoms with van der Waals surface area (Å²) in [6.07, 6.45) is 2.29. The Morgan fingerprint density at radius 2 is 1.50 bits per heavy atom. The van der Waals surface area contributed by atoms with Crippen LogP contribution in [0.1, 0.15) is 47.0 Å². The molecule has 12 heteroatoms. The number of carbonyl (C=O) groups is 5. The SMILES string of the molecule is CCC(C)C(NC(=O)C(CCSC)NC(=O)C(NC(=O)C(N)CC(N)=O)C(C)C)C(=O)O. The van der Waals surface area contributed by atoms with Crippen molar-refractivity contribution in [3.05, 3.63) is 0 Å². The van der Waals surface area contributed by atoms with Gasteiger partial charge in [-0.05, 0) is 30.3 Å². The molecule has 0 bridgehead atoms. The van der Waals surface area contributed by atoms with Gasteiger partial charge in [-0.1, -0.05) is 34.1 Å². The number of hydrogen-bond acceptors (Lipinski definition) is 7. The van der Waals surface area contributed by atoms with Crippen LogP contribution in [-0.4, -0.2) is 70.9 Å². The Morgan fingerprint density at radius 3 is 1.94 bits per heavy atom. The lowest BCUT2D eigenvalue weighted by atomic mass is 9.98. The average molecular weight is 476 g/mol. The molecule has 0 aliphatic carbocycles. The first-order valence-electron chi connectivity index (χ1n) is 10.5. The molecular formula is C20H37N5O6S. The lowest BCUT2D eigenvalue weighted by molar-refractivity contribution is -0.144. The van der Waals surface area contributed by atoms with E-state index < -0.39 is 53.8 Å². The Labute approximate surface area is 193 Å². The smallest absolute Gasteiger partial charge is 0.326 e. The van der Waals surface area contributed by atoms with Crippen molar-refractivity contribution in [3.8, 4) is 0 Å². The van der Waals surface area contributed by atoms with E-state index in [0.29, 0.717) is 12.2 Å². The molecule has 0 aliphatic heterocycles. The number of hydrogen-bond donors (Lipinski definition) is 6. The van der Waals surface area contributed by atoms with E-state index in [4.69, 9.17) is 11.5 Å². The van der Waals surface area contributed by atoms with Gasteiger partial charge in [0, 0.05) is 0 Å². The zero-order valence-electron chi connectivity index (χ0n) is 19.3. The number of nitrogens with two attached hydrogens (primary N) is 2. The van der Waals surface area contributed by atoms with Crippen LogP contribution in [0.2, 0.25) is 0 Å². The van der Waals surface area contributed by atoms with Gasteiger partial charge in [0.15, 0.2) is 0 Å². The van der Waals surface area contributed by atoms with Gasteiger partial charge in [-0.15, -0.1) is 0 Å². The van der Waals surface area contributed by atoms with Crippen molar-refractivity contribution in [1.29, 1.82) is 0 Å². The van der Waals surface area contributed by atoms with Gasteiger partial charge in [0.25, 0.3) is 0 Å². The molecule has 0 aromatic carbocycles. The van der Waals surface area contributed by atoms with Crippen molar-refractivity contribution in [2.24, 2.45) is 23.3 Å². The van der Waals surface area contributed by atoms with Crippen molar-refractivity contribution >= 4 is 41.4 Å². The third-order valence-corrected chi connectivity index (χ3v) is 5.67. The number of thioether (sulfide) groups is 1. The molecule has 0 aromatic heterocycles. The van der Waals surface area contributed by atoms with Crippen molar-refractivity contribution in [1.82, 2.24) is 16.0 Å². The Bertz CT molecular complexity index is 675. The van der Waals surface area contributed by atoms with Crippen LogP contribution in [0.15, 0.2) is 0 Å². The number of carboxylic acid groups (broad SMARTS) is 1. The predicted octanol–water partition coefficient (Wildman–Crippen LogP) is -0.817. The molecule has 0 spiro atoms. The van der Waals surface area contributed by atoms with Crippen LogP contribution >= 0.6 is 11.8 Å². The molecule has 32 heavy (non-hydrogen) atoms. The minimum Gasteiger partial charge on any atom is -0.480 e. The number of carbonyl (C=O) groups excluding carboxylic acids is 4. The first-order chi connectivity index (χ1) is 14.8. The summed E-state index contributed by atoms with van der Waals surface area (Å²) in [5.41, 5.74) is 10.7. The van der Waals surface area contributed by atoms with E-state index in [2.05, 4.69) is 16.0 Å². The molecule has 5 unspecified atom stereocenters. The van der Waals surface area contributed by atoms with Gasteiger partial charge >= 0.3 is 5.97 Å². The van der Waals surface area contributed by atoms with E-state index in [0.717, 1.165) is 0 Å². The van der Waals surface area contributed by atoms with Gasteiger partial charge in [0.2, 0.25) is 23.6 Å². The number of carboxylic acids is 1. The molecule has 5 atom stereocenters. The summed E-state index contributed by atoms with van der Waals surface area (Å²) in [4.78, 5) is 60.5. The summed E-state index contributed by atoms with van der Waals surface area (Å²) in [5, 5.41) is 17.1. The number of amides is 4. The normalized spacial score (nSPS) is 15.7. The minimum absolute atomic E-state index is 0.269. The zero-order valence-corrected chi connectivity index (χ0v) is 20.2. The summed E-state index contributed by atoms with van der Waals surface area (Å²) in [6, 6.07) is -4.30. The Hall–Kier alpha value is -2.34. The van der Waals surface area contributed by atoms with Crippen LogP contribution < -0.4 is 27.4 Å². The largest absolute Gasteiger partial charge is 0.480 e. The summed E-state index contributed by atoms with van der Waals surface area (Å²) in [7, 11) is 0. The summed E-state index contributed by atoms with van der Waals surface area (Å²) < 4.78 is 0. The first kappa shape index (κ1) is 29.7. The molecule has 0 fully saturated rings. The molecule has 184 valence electrons. The van der Waals surface area contributed by atoms with Gasteiger partial charge in [-0.3, -0.25) is 19.2 Å². The van der Waals surface area contributed by atoms with Gasteiger partial charge < -0.3 is 32.5 Å². The highest BCUT2D eigenvalue weighted by Gasteiger charge is 2.32. The highest BCUT2D eigenvalue weighted by Crippen LogP contribution is 2.10. The molecule has 0 aliphatic rings. The topological polar surface area (TPSA) is 194 Å². The standard InChI is InChI=1S/C20H37N5O6S/c1-6-11(4)16(20(30)31)25-18(28)13(7-8-32-5)23-19(29)15(10(2)3)24-17(27)12(21)9-14(22)26/h10-13,15-16H,6-9,21H2,1-5H3,(H2,22,26)(H,23,29)(H,24,27)(H,25,28)(H,30,31). The number of primary amides is 1. The lowest BCUT2D eigenvalue weighted by Gasteiger charge is -2.27. The second-order valence-corrected chi connectivity index (χ2v) is 9.05. The first-order valence-corrected chi connectivity index (χ1v) is 11.9. The summed E-state index contributed by atoms with van der Waals surface area (Å²) in [5.74, 6) is -3.96. The van der Waals surface area contributed by atoms with Gasteiger partial charge in [-0.25, -0.2) is 4.79 Å². The van der Waals surface area contributed by atoms with Crippen LogP contribution in [-0.2, 0) is 24.0 Å². The predicted molar refractivity (Wildman–Crippen MR) is 123 cm³/mol. The molecule has 4 amide bonds. The number of nitrogens with one attached hydrogen (secondary N) is 3. The fourth-order valence-corrected chi connectivity index (χ4v) is 3.28. The van der Waals surface area contributed by atoms with Crippen molar-refractivity contribution in [2.75, 3.05) is 12.0 Å². The minimum atomic E-state index is -1.20. The molecule has 0 heterocycles. The van der Waals surface area contributed by atoms with Crippen LogP contribution in [0.25, 0.3) is 0 Å². The molecule has 0 aromatic rings. The Kier molecular flexibility index (Phi) is 13.6. The van der Waals surface area contributed by atoms with Crippen molar-refractivity contribution in [2.45, 2.75) is 71.1 Å². The summed E-state index contributed by atoms with van der Waals surface area (Å²) in [6.45, 7) is 6.93. The second-order valence-electron chi connectivity index (χ2n) is 8.06. The van der Waals surface area contributed by atoms with Gasteiger partial charge in [-0.2, -0.15) is 11.8 Å². The highest BCUT2D eigenvalue weighted by molar-refractivity contribution is 7.98. The maximum absolute atomic E-state index is 12.9. The Balaban J connectivity index is 5.44. The van der Waals surface area contributed by atoms with Crippen molar-refractivity contribution in [3.63, 3.8) is 0 Å². The third-order valence-electron chi connectivity index (χ3n) is 5.03. The average Bonchev–Trinajstić information content (AvgIpc) is 2.70. The maximum Gasteiger partial charge on any atom is 0.326 e. The molecule has 8 N–H and O–H groups in total. The van der Waals surface area contributed by atoms with E-state index in [1.165, 1.54) is 11.8 Å². The van der Waals surface area contributed by atoms with Gasteiger partial charge in [0.05, 0.1) is 12.5 Å². The molecule has 0 saturated carbocycles. The molecule has 0 rings (SSSR count). The van der Waals surface area contributed by atoms with E-state index in [1.54, 1.807) is 20.8 Å². The van der Waals surface area contributed by atoms with Crippen LogP contribution in [0.5, 0.6) is 0 Å². The highest BCUT2D eigenvalue weighted by atomic mass is 32.2. The second kappa shape index (κ2) is 14.7. The quantitative estimate of drug-likeness (QED) is 0.177. The molecular weight excluding hydrogens is 438 g/mol. The van der Waals surface area contributed by atoms with Gasteiger partial charge in [0.1, 0.15) is 18.1 Å². The van der Waals surface area contributed by atoms with E-state index in [9.17, 15) is 29.1 Å². The van der Waals surface area contributed by atoms with Crippen LogP contribution in [0, 0.1) is 11.8 Å². The summed E-state index contributed by atoms with van der Waals surface area (Å²) >= 11 is 1.47. The van der Waals surface area contributed by atoms with Crippen LogP contribution in [0.4, 0.5) is 0 Å². The number of rotatable bonds is 15. The molecule has 11 nitrogen and oxygen atoms in total. The third kappa shape index (κ3) is 10.3. The van der Waals surface area contributed by atoms with E-state index >= 15 is 0 Å². The molecule has 0 saturated heterocycles. The monoisotopic (exact) mass is 475 g/mol. The van der Waals surface area contributed by atoms with E-state index in [-0.39, 0.29) is 24.7 Å². The van der Waals surface area contributed by atoms with Crippen LogP contribution in [0.3, 0.4) is 0 Å². The maximum atomic E-state index is 12.9. The number of aliphatic carboxylic acids is 1. The zero-order chi connectivity index (χ0) is 25.0. The fraction of sp³-hybridized carbons (Fsp3) is 0.750. The Morgan fingerprint density at radius 1 is 0.938 bits per heavy atom.